The third kappa shape index (κ3) is 4.90. The van der Waals surface area contributed by atoms with Crippen molar-refractivity contribution in [1.29, 1.82) is 0 Å². The summed E-state index contributed by atoms with van der Waals surface area (Å²) in [5, 5.41) is 3.25. The van der Waals surface area contributed by atoms with E-state index in [-0.39, 0.29) is 17.9 Å². The monoisotopic (exact) mass is 347 g/mol. The van der Waals surface area contributed by atoms with Gasteiger partial charge >= 0.3 is 0 Å². The average Bonchev–Trinajstić information content (AvgIpc) is 2.53. The lowest BCUT2D eigenvalue weighted by Gasteiger charge is -2.19. The molecule has 0 aliphatic rings. The van der Waals surface area contributed by atoms with Gasteiger partial charge in [0.1, 0.15) is 11.5 Å². The van der Waals surface area contributed by atoms with Gasteiger partial charge in [-0.1, -0.05) is 44.5 Å². The summed E-state index contributed by atoms with van der Waals surface area (Å²) in [4.78, 5) is 12.1. The lowest BCUT2D eigenvalue weighted by molar-refractivity contribution is -0.118. The highest BCUT2D eigenvalue weighted by Crippen LogP contribution is 2.28. The average molecular weight is 348 g/mol. The van der Waals surface area contributed by atoms with Gasteiger partial charge in [0.2, 0.25) is 0 Å². The fourth-order valence-corrected chi connectivity index (χ4v) is 2.34. The Morgan fingerprint density at radius 3 is 2.38 bits per heavy atom. The van der Waals surface area contributed by atoms with Crippen molar-refractivity contribution in [1.82, 2.24) is 0 Å². The van der Waals surface area contributed by atoms with E-state index in [9.17, 15) is 4.79 Å². The Balaban J connectivity index is 1.95. The molecule has 0 fully saturated rings. The first kappa shape index (κ1) is 18.1. The first-order valence-electron chi connectivity index (χ1n) is 7.66. The summed E-state index contributed by atoms with van der Waals surface area (Å²) in [7, 11) is 1.53. The minimum Gasteiger partial charge on any atom is -0.495 e. The quantitative estimate of drug-likeness (QED) is 0.855. The number of anilines is 1. The number of amides is 1. The van der Waals surface area contributed by atoms with Crippen molar-refractivity contribution in [3.05, 3.63) is 53.1 Å². The zero-order valence-corrected chi connectivity index (χ0v) is 15.1. The first-order chi connectivity index (χ1) is 11.3. The number of rotatable bonds is 5. The summed E-state index contributed by atoms with van der Waals surface area (Å²) in [6.45, 7) is 6.35. The minimum absolute atomic E-state index is 0.0824. The second-order valence-corrected chi connectivity index (χ2v) is 6.89. The largest absolute Gasteiger partial charge is 0.495 e. The second kappa shape index (κ2) is 7.58. The zero-order valence-electron chi connectivity index (χ0n) is 14.4. The fraction of sp³-hybridized carbons (Fsp3) is 0.316. The Morgan fingerprint density at radius 1 is 1.12 bits per heavy atom. The molecule has 0 bridgehead atoms. The van der Waals surface area contributed by atoms with E-state index in [4.69, 9.17) is 21.1 Å². The van der Waals surface area contributed by atoms with E-state index in [1.807, 2.05) is 24.3 Å². The third-order valence-electron chi connectivity index (χ3n) is 3.53. The minimum atomic E-state index is -0.282. The molecule has 0 spiro atoms. The Morgan fingerprint density at radius 2 is 1.79 bits per heavy atom. The first-order valence-corrected chi connectivity index (χ1v) is 8.04. The third-order valence-corrected chi connectivity index (χ3v) is 3.76. The van der Waals surface area contributed by atoms with Crippen molar-refractivity contribution in [2.24, 2.45) is 0 Å². The second-order valence-electron chi connectivity index (χ2n) is 6.46. The van der Waals surface area contributed by atoms with Crippen molar-refractivity contribution in [3.8, 4) is 11.5 Å². The van der Waals surface area contributed by atoms with Crippen LogP contribution in [-0.2, 0) is 10.2 Å². The van der Waals surface area contributed by atoms with E-state index in [1.54, 1.807) is 18.2 Å². The maximum atomic E-state index is 12.1. The lowest BCUT2D eigenvalue weighted by atomic mass is 9.87. The summed E-state index contributed by atoms with van der Waals surface area (Å²) in [6, 6.07) is 12.8. The van der Waals surface area contributed by atoms with Gasteiger partial charge in [0, 0.05) is 5.02 Å². The number of hydrogen-bond donors (Lipinski definition) is 1. The Labute approximate surface area is 147 Å². The molecule has 2 rings (SSSR count). The summed E-state index contributed by atoms with van der Waals surface area (Å²) in [6.07, 6.45) is 0. The molecule has 5 heteroatoms. The molecular weight excluding hydrogens is 326 g/mol. The molecule has 1 amide bonds. The van der Waals surface area contributed by atoms with E-state index >= 15 is 0 Å². The highest BCUT2D eigenvalue weighted by molar-refractivity contribution is 6.31. The fourth-order valence-electron chi connectivity index (χ4n) is 2.16. The van der Waals surface area contributed by atoms with Gasteiger partial charge in [0.05, 0.1) is 12.8 Å². The summed E-state index contributed by atoms with van der Waals surface area (Å²) in [5.41, 5.74) is 1.81. The van der Waals surface area contributed by atoms with Crippen LogP contribution in [0, 0.1) is 0 Å². The lowest BCUT2D eigenvalue weighted by Crippen LogP contribution is -2.20. The number of carbonyl (C=O) groups excluding carboxylic acids is 1. The van der Waals surface area contributed by atoms with Crippen LogP contribution in [0.2, 0.25) is 5.02 Å². The molecule has 24 heavy (non-hydrogen) atoms. The smallest absolute Gasteiger partial charge is 0.262 e. The molecule has 2 aromatic rings. The number of halogens is 1. The SMILES string of the molecule is COc1ccc(Cl)cc1NC(=O)COc1ccc(C(C)(C)C)cc1. The van der Waals surface area contributed by atoms with Gasteiger partial charge in [-0.15, -0.1) is 0 Å². The van der Waals surface area contributed by atoms with Crippen LogP contribution in [0.4, 0.5) is 5.69 Å². The molecule has 0 radical (unpaired) electrons. The standard InChI is InChI=1S/C19H22ClNO3/c1-19(2,3)13-5-8-15(9-6-13)24-12-18(22)21-16-11-14(20)7-10-17(16)23-4/h5-11H,12H2,1-4H3,(H,21,22). The Hall–Kier alpha value is -2.20. The topological polar surface area (TPSA) is 47.6 Å². The highest BCUT2D eigenvalue weighted by atomic mass is 35.5. The van der Waals surface area contributed by atoms with Gasteiger partial charge in [0.25, 0.3) is 5.91 Å². The van der Waals surface area contributed by atoms with Gasteiger partial charge in [-0.2, -0.15) is 0 Å². The van der Waals surface area contributed by atoms with Crippen LogP contribution in [0.1, 0.15) is 26.3 Å². The normalized spacial score (nSPS) is 11.0. The predicted molar refractivity (Wildman–Crippen MR) is 97.3 cm³/mol. The van der Waals surface area contributed by atoms with Crippen LogP contribution in [-0.4, -0.2) is 19.6 Å². The van der Waals surface area contributed by atoms with Crippen molar-refractivity contribution < 1.29 is 14.3 Å². The van der Waals surface area contributed by atoms with Crippen molar-refractivity contribution in [2.75, 3.05) is 19.0 Å². The van der Waals surface area contributed by atoms with Gasteiger partial charge in [-0.25, -0.2) is 0 Å². The summed E-state index contributed by atoms with van der Waals surface area (Å²) in [5.74, 6) is 0.911. The predicted octanol–water partition coefficient (Wildman–Crippen LogP) is 4.66. The van der Waals surface area contributed by atoms with Crippen molar-refractivity contribution in [3.63, 3.8) is 0 Å². The molecule has 1 N–H and O–H groups in total. The van der Waals surface area contributed by atoms with Crippen LogP contribution < -0.4 is 14.8 Å². The van der Waals surface area contributed by atoms with Crippen LogP contribution >= 0.6 is 11.6 Å². The summed E-state index contributed by atoms with van der Waals surface area (Å²) < 4.78 is 10.7. The number of ether oxygens (including phenoxy) is 2. The molecular formula is C19H22ClNO3. The van der Waals surface area contributed by atoms with Crippen molar-refractivity contribution in [2.45, 2.75) is 26.2 Å². The van der Waals surface area contributed by atoms with Gasteiger partial charge in [-0.3, -0.25) is 4.79 Å². The van der Waals surface area contributed by atoms with E-state index < -0.39 is 0 Å². The zero-order chi connectivity index (χ0) is 17.7. The molecule has 0 saturated heterocycles. The van der Waals surface area contributed by atoms with Gasteiger partial charge in [0.15, 0.2) is 6.61 Å². The van der Waals surface area contributed by atoms with Gasteiger partial charge in [-0.05, 0) is 41.3 Å². The van der Waals surface area contributed by atoms with E-state index in [1.165, 1.54) is 12.7 Å². The maximum absolute atomic E-state index is 12.1. The molecule has 0 saturated carbocycles. The Bertz CT molecular complexity index is 706. The van der Waals surface area contributed by atoms with E-state index in [0.29, 0.717) is 22.2 Å². The molecule has 0 aliphatic carbocycles. The van der Waals surface area contributed by atoms with Crippen LogP contribution in [0.15, 0.2) is 42.5 Å². The molecule has 0 atom stereocenters. The molecule has 0 unspecified atom stereocenters. The number of carbonyl (C=O) groups is 1. The van der Waals surface area contributed by atoms with E-state index in [0.717, 1.165) is 0 Å². The number of nitrogens with one attached hydrogen (secondary N) is 1. The number of benzene rings is 2. The van der Waals surface area contributed by atoms with Crippen LogP contribution in [0.25, 0.3) is 0 Å². The van der Waals surface area contributed by atoms with Crippen molar-refractivity contribution >= 4 is 23.2 Å². The van der Waals surface area contributed by atoms with Crippen LogP contribution in [0.5, 0.6) is 11.5 Å². The molecule has 0 aliphatic heterocycles. The Kier molecular flexibility index (Phi) is 5.73. The molecule has 128 valence electrons. The molecule has 4 nitrogen and oxygen atoms in total. The van der Waals surface area contributed by atoms with Gasteiger partial charge < -0.3 is 14.8 Å². The number of methoxy groups -OCH3 is 1. The molecule has 2 aromatic carbocycles. The van der Waals surface area contributed by atoms with Crippen LogP contribution in [0.3, 0.4) is 0 Å². The molecule has 0 aromatic heterocycles. The number of hydrogen-bond acceptors (Lipinski definition) is 3. The van der Waals surface area contributed by atoms with E-state index in [2.05, 4.69) is 26.1 Å². The molecule has 0 heterocycles. The highest BCUT2D eigenvalue weighted by Gasteiger charge is 2.13. The maximum Gasteiger partial charge on any atom is 0.262 e. The summed E-state index contributed by atoms with van der Waals surface area (Å²) >= 11 is 5.94.